The molecule has 0 saturated carbocycles. The quantitative estimate of drug-likeness (QED) is 0.0910. The van der Waals surface area contributed by atoms with Crippen LogP contribution >= 0.6 is 0 Å². The van der Waals surface area contributed by atoms with E-state index in [2.05, 4.69) is 13.8 Å². The molecule has 0 aliphatic rings. The molecule has 0 amide bonds. The van der Waals surface area contributed by atoms with Crippen molar-refractivity contribution in [1.29, 1.82) is 0 Å². The zero-order valence-corrected chi connectivity index (χ0v) is 25.9. The number of aryl methyl sites for hydroxylation is 2. The summed E-state index contributed by atoms with van der Waals surface area (Å²) >= 11 is 0. The Morgan fingerprint density at radius 1 is 0.667 bits per heavy atom. The van der Waals surface area contributed by atoms with Crippen molar-refractivity contribution in [3.8, 4) is 28.4 Å². The predicted octanol–water partition coefficient (Wildman–Crippen LogP) is 9.04. The van der Waals surface area contributed by atoms with Crippen LogP contribution in [0.5, 0.6) is 17.2 Å². The number of carbonyl (C=O) groups is 2. The van der Waals surface area contributed by atoms with Crippen molar-refractivity contribution in [1.82, 2.24) is 0 Å². The highest BCUT2D eigenvalue weighted by atomic mass is 16.6. The van der Waals surface area contributed by atoms with Gasteiger partial charge in [0.15, 0.2) is 6.10 Å². The predicted molar refractivity (Wildman–Crippen MR) is 168 cm³/mol. The fourth-order valence-electron chi connectivity index (χ4n) is 4.65. The first-order chi connectivity index (χ1) is 20.3. The number of rotatable bonds is 17. The molecule has 0 aliphatic heterocycles. The second-order valence-electron chi connectivity index (χ2n) is 10.8. The van der Waals surface area contributed by atoms with Gasteiger partial charge in [-0.05, 0) is 92.3 Å². The monoisotopic (exact) mass is 574 g/mol. The molecular formula is C36H46O6. The first-order valence-electron chi connectivity index (χ1n) is 15.3. The summed E-state index contributed by atoms with van der Waals surface area (Å²) in [5.41, 5.74) is 4.24. The van der Waals surface area contributed by atoms with Gasteiger partial charge >= 0.3 is 11.9 Å². The standard InChI is InChI=1S/C36H46O6/c1-6-8-10-11-13-23-40-34-26(3)24-31(25-27(34)4)36(38)42-33-20-16-30(17-21-33)29-14-18-32(19-15-29)41-35(37)28(5)39-22-12-9-7-2/h14-21,24-25,28H,6-13,22-23H2,1-5H3. The van der Waals surface area contributed by atoms with Gasteiger partial charge in [-0.2, -0.15) is 0 Å². The van der Waals surface area contributed by atoms with Crippen LogP contribution in [0.3, 0.4) is 0 Å². The van der Waals surface area contributed by atoms with Gasteiger partial charge in [-0.15, -0.1) is 0 Å². The van der Waals surface area contributed by atoms with E-state index in [9.17, 15) is 9.59 Å². The molecule has 3 aromatic carbocycles. The zero-order valence-electron chi connectivity index (χ0n) is 25.9. The molecule has 1 atom stereocenters. The van der Waals surface area contributed by atoms with E-state index in [1.54, 1.807) is 31.2 Å². The molecule has 1 unspecified atom stereocenters. The van der Waals surface area contributed by atoms with Gasteiger partial charge in [0.2, 0.25) is 0 Å². The van der Waals surface area contributed by atoms with Gasteiger partial charge in [0.1, 0.15) is 17.2 Å². The average molecular weight is 575 g/mol. The Bertz CT molecular complexity index is 1240. The third-order valence-corrected chi connectivity index (χ3v) is 7.11. The van der Waals surface area contributed by atoms with Crippen LogP contribution in [-0.4, -0.2) is 31.3 Å². The molecule has 0 heterocycles. The van der Waals surface area contributed by atoms with Gasteiger partial charge in [0.25, 0.3) is 0 Å². The Balaban J connectivity index is 1.52. The Morgan fingerprint density at radius 2 is 1.17 bits per heavy atom. The fourth-order valence-corrected chi connectivity index (χ4v) is 4.65. The lowest BCUT2D eigenvalue weighted by Gasteiger charge is -2.14. The molecule has 0 saturated heterocycles. The third kappa shape index (κ3) is 10.3. The van der Waals surface area contributed by atoms with Crippen molar-refractivity contribution in [3.63, 3.8) is 0 Å². The largest absolute Gasteiger partial charge is 0.493 e. The van der Waals surface area contributed by atoms with Crippen LogP contribution in [0.25, 0.3) is 11.1 Å². The van der Waals surface area contributed by atoms with Crippen LogP contribution < -0.4 is 14.2 Å². The molecule has 226 valence electrons. The molecule has 0 N–H and O–H groups in total. The Hall–Kier alpha value is -3.64. The minimum atomic E-state index is -0.610. The molecular weight excluding hydrogens is 528 g/mol. The van der Waals surface area contributed by atoms with Crippen LogP contribution in [0.2, 0.25) is 0 Å². The second kappa shape index (κ2) is 17.3. The third-order valence-electron chi connectivity index (χ3n) is 7.11. The highest BCUT2D eigenvalue weighted by molar-refractivity contribution is 5.92. The summed E-state index contributed by atoms with van der Waals surface area (Å²) in [5.74, 6) is 0.959. The van der Waals surface area contributed by atoms with Crippen molar-refractivity contribution in [2.24, 2.45) is 0 Å². The zero-order chi connectivity index (χ0) is 30.3. The topological polar surface area (TPSA) is 71.1 Å². The lowest BCUT2D eigenvalue weighted by molar-refractivity contribution is -0.146. The van der Waals surface area contributed by atoms with Gasteiger partial charge < -0.3 is 18.9 Å². The van der Waals surface area contributed by atoms with Crippen molar-refractivity contribution in [2.75, 3.05) is 13.2 Å². The highest BCUT2D eigenvalue weighted by Crippen LogP contribution is 2.28. The SMILES string of the molecule is CCCCCCCOc1c(C)cc(C(=O)Oc2ccc(-c3ccc(OC(=O)C(C)OCCCCC)cc3)cc2)cc1C. The van der Waals surface area contributed by atoms with E-state index in [4.69, 9.17) is 18.9 Å². The van der Waals surface area contributed by atoms with E-state index >= 15 is 0 Å². The molecule has 6 nitrogen and oxygen atoms in total. The van der Waals surface area contributed by atoms with Crippen LogP contribution in [0.15, 0.2) is 60.7 Å². The van der Waals surface area contributed by atoms with E-state index in [1.807, 2.05) is 50.2 Å². The molecule has 0 spiro atoms. The molecule has 0 aliphatic carbocycles. The average Bonchev–Trinajstić information content (AvgIpc) is 2.98. The summed E-state index contributed by atoms with van der Waals surface area (Å²) in [6.07, 6.45) is 8.43. The number of unbranched alkanes of at least 4 members (excludes halogenated alkanes) is 6. The summed E-state index contributed by atoms with van der Waals surface area (Å²) in [6.45, 7) is 11.2. The molecule has 0 bridgehead atoms. The number of carbonyl (C=O) groups excluding carboxylic acids is 2. The Kier molecular flexibility index (Phi) is 13.6. The minimum Gasteiger partial charge on any atom is -0.493 e. The summed E-state index contributed by atoms with van der Waals surface area (Å²) in [6, 6.07) is 18.3. The van der Waals surface area contributed by atoms with Crippen molar-refractivity contribution < 1.29 is 28.5 Å². The van der Waals surface area contributed by atoms with Gasteiger partial charge in [0, 0.05) is 6.61 Å². The summed E-state index contributed by atoms with van der Waals surface area (Å²) < 4.78 is 22.7. The summed E-state index contributed by atoms with van der Waals surface area (Å²) in [5, 5.41) is 0. The summed E-state index contributed by atoms with van der Waals surface area (Å²) in [4.78, 5) is 25.2. The number of hydrogen-bond acceptors (Lipinski definition) is 6. The molecule has 0 aromatic heterocycles. The maximum atomic E-state index is 12.9. The number of benzene rings is 3. The molecule has 0 radical (unpaired) electrons. The minimum absolute atomic E-state index is 0.407. The number of esters is 2. The molecule has 3 rings (SSSR count). The maximum absolute atomic E-state index is 12.9. The molecule has 6 heteroatoms. The van der Waals surface area contributed by atoms with Crippen molar-refractivity contribution in [3.05, 3.63) is 77.4 Å². The van der Waals surface area contributed by atoms with E-state index in [0.717, 1.165) is 53.7 Å². The molecule has 0 fully saturated rings. The molecule has 3 aromatic rings. The van der Waals surface area contributed by atoms with Gasteiger partial charge in [-0.25, -0.2) is 9.59 Å². The van der Waals surface area contributed by atoms with Crippen molar-refractivity contribution in [2.45, 2.75) is 92.1 Å². The van der Waals surface area contributed by atoms with Crippen LogP contribution in [0.4, 0.5) is 0 Å². The lowest BCUT2D eigenvalue weighted by atomic mass is 10.1. The number of ether oxygens (including phenoxy) is 4. The van der Waals surface area contributed by atoms with E-state index in [1.165, 1.54) is 25.7 Å². The Morgan fingerprint density at radius 3 is 1.74 bits per heavy atom. The first kappa shape index (κ1) is 32.9. The lowest BCUT2D eigenvalue weighted by Crippen LogP contribution is -2.26. The van der Waals surface area contributed by atoms with Crippen LogP contribution in [0.1, 0.15) is 93.6 Å². The smallest absolute Gasteiger partial charge is 0.343 e. The normalized spacial score (nSPS) is 11.6. The van der Waals surface area contributed by atoms with Crippen LogP contribution in [-0.2, 0) is 9.53 Å². The highest BCUT2D eigenvalue weighted by Gasteiger charge is 2.16. The Labute approximate surface area is 251 Å². The van der Waals surface area contributed by atoms with Crippen molar-refractivity contribution >= 4 is 11.9 Å². The van der Waals surface area contributed by atoms with Gasteiger partial charge in [0.05, 0.1) is 12.2 Å². The van der Waals surface area contributed by atoms with E-state index in [0.29, 0.717) is 30.3 Å². The van der Waals surface area contributed by atoms with E-state index in [-0.39, 0.29) is 0 Å². The number of hydrogen-bond donors (Lipinski definition) is 0. The van der Waals surface area contributed by atoms with Crippen LogP contribution in [0, 0.1) is 13.8 Å². The van der Waals surface area contributed by atoms with E-state index < -0.39 is 18.0 Å². The van der Waals surface area contributed by atoms with Gasteiger partial charge in [-0.1, -0.05) is 76.6 Å². The fraction of sp³-hybridized carbons (Fsp3) is 0.444. The maximum Gasteiger partial charge on any atom is 0.343 e. The first-order valence-corrected chi connectivity index (χ1v) is 15.3. The second-order valence-corrected chi connectivity index (χ2v) is 10.8. The summed E-state index contributed by atoms with van der Waals surface area (Å²) in [7, 11) is 0. The van der Waals surface area contributed by atoms with Gasteiger partial charge in [-0.3, -0.25) is 0 Å². The molecule has 42 heavy (non-hydrogen) atoms.